The Morgan fingerprint density at radius 2 is 2.00 bits per heavy atom. The fourth-order valence-corrected chi connectivity index (χ4v) is 4.84. The number of ether oxygens (including phenoxy) is 1. The van der Waals surface area contributed by atoms with Gasteiger partial charge in [-0.15, -0.1) is 5.10 Å². The zero-order valence-corrected chi connectivity index (χ0v) is 23.7. The lowest BCUT2D eigenvalue weighted by molar-refractivity contribution is -0.123. The van der Waals surface area contributed by atoms with E-state index in [1.54, 1.807) is 17.8 Å². The quantitative estimate of drug-likeness (QED) is 0.626. The molecular formula is C27H42N6O3S. The molecule has 9 nitrogen and oxygen atoms in total. The fourth-order valence-electron chi connectivity index (χ4n) is 4.36. The fraction of sp³-hybridized carbons (Fsp3) is 0.630. The average molecular weight is 531 g/mol. The van der Waals surface area contributed by atoms with Gasteiger partial charge < -0.3 is 15.4 Å². The second kappa shape index (κ2) is 13.8. The molecule has 1 aromatic carbocycles. The Labute approximate surface area is 225 Å². The number of hydrogen-bond donors (Lipinski definition) is 2. The average Bonchev–Trinajstić information content (AvgIpc) is 3.28. The second-order valence-corrected chi connectivity index (χ2v) is 11.9. The van der Waals surface area contributed by atoms with Crippen LogP contribution in [-0.4, -0.2) is 76.0 Å². The first kappa shape index (κ1) is 29.0. The van der Waals surface area contributed by atoms with Crippen molar-refractivity contribution in [3.63, 3.8) is 0 Å². The summed E-state index contributed by atoms with van der Waals surface area (Å²) in [4.78, 5) is 28.6. The zero-order chi connectivity index (χ0) is 26.8. The number of nitrogens with one attached hydrogen (secondary N) is 2. The first-order chi connectivity index (χ1) is 17.6. The number of aryl methyl sites for hydroxylation is 2. The van der Waals surface area contributed by atoms with E-state index in [1.165, 1.54) is 0 Å². The van der Waals surface area contributed by atoms with Crippen molar-refractivity contribution in [1.82, 2.24) is 30.5 Å². The van der Waals surface area contributed by atoms with Crippen molar-refractivity contribution in [1.29, 1.82) is 0 Å². The van der Waals surface area contributed by atoms with Crippen molar-refractivity contribution >= 4 is 23.6 Å². The molecule has 2 aromatic rings. The summed E-state index contributed by atoms with van der Waals surface area (Å²) in [7, 11) is 0. The van der Waals surface area contributed by atoms with Gasteiger partial charge in [0.1, 0.15) is 11.8 Å². The maximum atomic E-state index is 13.2. The Morgan fingerprint density at radius 3 is 2.76 bits per heavy atom. The molecule has 10 heteroatoms. The van der Waals surface area contributed by atoms with Crippen molar-refractivity contribution in [2.24, 2.45) is 5.41 Å². The number of thioether (sulfide) groups is 1. The summed E-state index contributed by atoms with van der Waals surface area (Å²) in [6, 6.07) is 4.91. The van der Waals surface area contributed by atoms with Crippen LogP contribution in [0.1, 0.15) is 61.6 Å². The number of rotatable bonds is 4. The van der Waals surface area contributed by atoms with Gasteiger partial charge in [0, 0.05) is 50.9 Å². The van der Waals surface area contributed by atoms with Crippen molar-refractivity contribution < 1.29 is 14.3 Å². The number of carbonyl (C=O) groups excluding carboxylic acids is 2. The Kier molecular flexibility index (Phi) is 10.8. The lowest BCUT2D eigenvalue weighted by Crippen LogP contribution is -2.47. The molecule has 0 aliphatic carbocycles. The van der Waals surface area contributed by atoms with E-state index in [-0.39, 0.29) is 17.2 Å². The van der Waals surface area contributed by atoms with Crippen LogP contribution in [0.5, 0.6) is 5.75 Å². The van der Waals surface area contributed by atoms with Crippen LogP contribution in [0.15, 0.2) is 24.4 Å². The van der Waals surface area contributed by atoms with Crippen molar-refractivity contribution in [2.75, 3.05) is 38.2 Å². The summed E-state index contributed by atoms with van der Waals surface area (Å²) in [5.41, 5.74) is 2.43. The molecule has 1 aliphatic rings. The molecule has 1 aliphatic heterocycles. The maximum Gasteiger partial charge on any atom is 0.252 e. The maximum absolute atomic E-state index is 13.2. The number of nitrogens with zero attached hydrogens (tertiary/aromatic N) is 4. The highest BCUT2D eigenvalue weighted by atomic mass is 32.2. The molecule has 1 atom stereocenters. The topological polar surface area (TPSA) is 101 Å². The smallest absolute Gasteiger partial charge is 0.252 e. The summed E-state index contributed by atoms with van der Waals surface area (Å²) in [6.45, 7) is 12.7. The predicted octanol–water partition coefficient (Wildman–Crippen LogP) is 3.28. The molecule has 1 aromatic heterocycles. The Bertz CT molecular complexity index is 1040. The molecule has 0 saturated heterocycles. The molecular weight excluding hydrogens is 488 g/mol. The van der Waals surface area contributed by atoms with E-state index in [1.807, 2.05) is 36.2 Å². The van der Waals surface area contributed by atoms with Crippen LogP contribution in [0.2, 0.25) is 0 Å². The SMILES string of the molecule is CSCC[C@@H]1NC(=O)c2cc(ccc2C)OCCCn2cc(nn2)CN(CC(C)(C)C)CCCNC1=O. The molecule has 0 spiro atoms. The highest BCUT2D eigenvalue weighted by Gasteiger charge is 2.23. The van der Waals surface area contributed by atoms with E-state index in [4.69, 9.17) is 4.74 Å². The lowest BCUT2D eigenvalue weighted by atomic mass is 9.96. The van der Waals surface area contributed by atoms with Gasteiger partial charge in [0.25, 0.3) is 5.91 Å². The van der Waals surface area contributed by atoms with Crippen LogP contribution in [-0.2, 0) is 17.9 Å². The molecule has 0 saturated carbocycles. The molecule has 4 bridgehead atoms. The van der Waals surface area contributed by atoms with Gasteiger partial charge in [-0.05, 0) is 54.9 Å². The first-order valence-electron chi connectivity index (χ1n) is 13.1. The Hall–Kier alpha value is -2.59. The highest BCUT2D eigenvalue weighted by molar-refractivity contribution is 7.98. The number of carbonyl (C=O) groups is 2. The van der Waals surface area contributed by atoms with Crippen molar-refractivity contribution in [2.45, 2.75) is 66.1 Å². The number of amides is 2. The molecule has 0 unspecified atom stereocenters. The van der Waals surface area contributed by atoms with Crippen LogP contribution in [0, 0.1) is 12.3 Å². The molecule has 2 N–H and O–H groups in total. The van der Waals surface area contributed by atoms with E-state index >= 15 is 0 Å². The van der Waals surface area contributed by atoms with Crippen LogP contribution >= 0.6 is 11.8 Å². The van der Waals surface area contributed by atoms with E-state index in [0.717, 1.165) is 42.9 Å². The number of aromatic nitrogens is 3. The van der Waals surface area contributed by atoms with Gasteiger partial charge in [-0.1, -0.05) is 32.1 Å². The Balaban J connectivity index is 1.79. The van der Waals surface area contributed by atoms with Gasteiger partial charge in [-0.25, -0.2) is 0 Å². The third kappa shape index (κ3) is 9.66. The van der Waals surface area contributed by atoms with Gasteiger partial charge in [0.15, 0.2) is 0 Å². The minimum atomic E-state index is -0.588. The van der Waals surface area contributed by atoms with Gasteiger partial charge in [-0.2, -0.15) is 11.8 Å². The normalized spacial score (nSPS) is 19.0. The van der Waals surface area contributed by atoms with Crippen LogP contribution in [0.3, 0.4) is 0 Å². The predicted molar refractivity (Wildman–Crippen MR) is 148 cm³/mol. The van der Waals surface area contributed by atoms with Crippen molar-refractivity contribution in [3.05, 3.63) is 41.2 Å². The monoisotopic (exact) mass is 530 g/mol. The summed E-state index contributed by atoms with van der Waals surface area (Å²) >= 11 is 1.66. The summed E-state index contributed by atoms with van der Waals surface area (Å²) in [5.74, 6) is 1.00. The molecule has 2 amide bonds. The molecule has 204 valence electrons. The first-order valence-corrected chi connectivity index (χ1v) is 14.5. The second-order valence-electron chi connectivity index (χ2n) is 10.9. The summed E-state index contributed by atoms with van der Waals surface area (Å²) < 4.78 is 7.79. The van der Waals surface area contributed by atoms with Gasteiger partial charge in [0.05, 0.1) is 12.3 Å². The van der Waals surface area contributed by atoms with Crippen LogP contribution < -0.4 is 15.4 Å². The van der Waals surface area contributed by atoms with Gasteiger partial charge >= 0.3 is 0 Å². The minimum Gasteiger partial charge on any atom is -0.494 e. The van der Waals surface area contributed by atoms with Crippen LogP contribution in [0.4, 0.5) is 0 Å². The molecule has 3 rings (SSSR count). The lowest BCUT2D eigenvalue weighted by Gasteiger charge is -2.29. The van der Waals surface area contributed by atoms with E-state index < -0.39 is 6.04 Å². The molecule has 0 fully saturated rings. The zero-order valence-electron chi connectivity index (χ0n) is 22.9. The number of fused-ring (bicyclic) bond motifs is 4. The van der Waals surface area contributed by atoms with E-state index in [0.29, 0.717) is 44.0 Å². The van der Waals surface area contributed by atoms with E-state index in [2.05, 4.69) is 46.6 Å². The van der Waals surface area contributed by atoms with Gasteiger partial charge in [-0.3, -0.25) is 19.2 Å². The molecule has 0 radical (unpaired) electrons. The largest absolute Gasteiger partial charge is 0.494 e. The third-order valence-corrected chi connectivity index (χ3v) is 6.75. The number of hydrogen-bond acceptors (Lipinski definition) is 7. The van der Waals surface area contributed by atoms with Crippen molar-refractivity contribution in [3.8, 4) is 5.75 Å². The third-order valence-electron chi connectivity index (χ3n) is 6.11. The standard InChI is InChI=1S/C27H42N6O3S/c1-20-8-9-22-16-23(20)25(34)29-24(10-15-37-5)26(35)28-11-6-12-32(19-27(2,3)4)17-21-18-33(31-30-21)13-7-14-36-22/h8-9,16,18,24H,6-7,10-15,17,19H2,1-5H3,(H,28,35)(H,29,34)/t24-/m0/s1. The highest BCUT2D eigenvalue weighted by Crippen LogP contribution is 2.19. The molecule has 37 heavy (non-hydrogen) atoms. The van der Waals surface area contributed by atoms with Gasteiger partial charge in [0.2, 0.25) is 5.91 Å². The summed E-state index contributed by atoms with van der Waals surface area (Å²) in [6.07, 6.45) is 6.14. The minimum absolute atomic E-state index is 0.131. The van der Waals surface area contributed by atoms with E-state index in [9.17, 15) is 9.59 Å². The number of benzene rings is 1. The summed E-state index contributed by atoms with van der Waals surface area (Å²) in [5, 5.41) is 14.7. The Morgan fingerprint density at radius 1 is 1.19 bits per heavy atom. The molecule has 2 heterocycles. The van der Waals surface area contributed by atoms with Crippen LogP contribution in [0.25, 0.3) is 0 Å².